The molecule has 0 heterocycles. The molecular weight excluding hydrogens is 172 g/mol. The molecule has 0 radical (unpaired) electrons. The first-order valence-electron chi connectivity index (χ1n) is 4.19. The SMILES string of the molecule is CC(C)(COO)OC(=O)C(C)(C)C. The second-order valence-electron chi connectivity index (χ2n) is 4.67. The zero-order valence-electron chi connectivity index (χ0n) is 8.88. The van der Waals surface area contributed by atoms with Crippen LogP contribution in [0.5, 0.6) is 0 Å². The number of rotatable bonds is 3. The van der Waals surface area contributed by atoms with E-state index < -0.39 is 11.0 Å². The molecule has 13 heavy (non-hydrogen) atoms. The molecule has 0 fully saturated rings. The molecule has 0 spiro atoms. The van der Waals surface area contributed by atoms with E-state index in [0.29, 0.717) is 0 Å². The molecule has 0 aromatic carbocycles. The Balaban J connectivity index is 4.20. The van der Waals surface area contributed by atoms with E-state index in [9.17, 15) is 4.79 Å². The highest BCUT2D eigenvalue weighted by molar-refractivity contribution is 5.75. The fourth-order valence-corrected chi connectivity index (χ4v) is 0.589. The molecule has 0 bridgehead atoms. The maximum absolute atomic E-state index is 11.4. The standard InChI is InChI=1S/C9H18O4/c1-8(2,3)7(10)13-9(4,5)6-12-11/h11H,6H2,1-5H3. The lowest BCUT2D eigenvalue weighted by molar-refractivity contribution is -0.272. The molecule has 78 valence electrons. The maximum Gasteiger partial charge on any atom is 0.311 e. The minimum atomic E-state index is -0.793. The molecule has 0 aliphatic heterocycles. The highest BCUT2D eigenvalue weighted by atomic mass is 17.1. The van der Waals surface area contributed by atoms with Crippen molar-refractivity contribution in [2.24, 2.45) is 5.41 Å². The number of ether oxygens (including phenoxy) is 1. The van der Waals surface area contributed by atoms with Gasteiger partial charge in [0.05, 0.1) is 5.41 Å². The smallest absolute Gasteiger partial charge is 0.311 e. The Morgan fingerprint density at radius 1 is 1.23 bits per heavy atom. The molecule has 0 aromatic heterocycles. The molecule has 0 rings (SSSR count). The normalized spacial score (nSPS) is 12.8. The van der Waals surface area contributed by atoms with Crippen LogP contribution in [0.15, 0.2) is 0 Å². The summed E-state index contributed by atoms with van der Waals surface area (Å²) in [7, 11) is 0. The van der Waals surface area contributed by atoms with Gasteiger partial charge in [-0.2, -0.15) is 0 Å². The van der Waals surface area contributed by atoms with E-state index in [0.717, 1.165) is 0 Å². The molecule has 0 aliphatic rings. The van der Waals surface area contributed by atoms with Crippen LogP contribution in [0.2, 0.25) is 0 Å². The van der Waals surface area contributed by atoms with Gasteiger partial charge in [0.25, 0.3) is 0 Å². The third-order valence-electron chi connectivity index (χ3n) is 1.39. The van der Waals surface area contributed by atoms with Crippen molar-refractivity contribution in [3.8, 4) is 0 Å². The number of esters is 1. The average molecular weight is 190 g/mol. The van der Waals surface area contributed by atoms with Crippen molar-refractivity contribution in [2.45, 2.75) is 40.2 Å². The molecule has 0 aromatic rings. The number of carbonyl (C=O) groups is 1. The van der Waals surface area contributed by atoms with E-state index in [1.807, 2.05) is 0 Å². The van der Waals surface area contributed by atoms with Crippen molar-refractivity contribution in [1.29, 1.82) is 0 Å². The van der Waals surface area contributed by atoms with Crippen LogP contribution >= 0.6 is 0 Å². The lowest BCUT2D eigenvalue weighted by Gasteiger charge is -2.27. The summed E-state index contributed by atoms with van der Waals surface area (Å²) in [6, 6.07) is 0. The van der Waals surface area contributed by atoms with Crippen LogP contribution in [0, 0.1) is 5.41 Å². The Morgan fingerprint density at radius 3 is 2.00 bits per heavy atom. The Kier molecular flexibility index (Phi) is 3.88. The minimum absolute atomic E-state index is 0.0329. The van der Waals surface area contributed by atoms with Gasteiger partial charge in [-0.3, -0.25) is 10.1 Å². The van der Waals surface area contributed by atoms with E-state index in [-0.39, 0.29) is 12.6 Å². The van der Waals surface area contributed by atoms with Crippen molar-refractivity contribution in [3.63, 3.8) is 0 Å². The van der Waals surface area contributed by atoms with Crippen molar-refractivity contribution in [2.75, 3.05) is 6.61 Å². The Labute approximate surface area is 78.8 Å². The highest BCUT2D eigenvalue weighted by Gasteiger charge is 2.30. The second-order valence-corrected chi connectivity index (χ2v) is 4.67. The molecule has 0 atom stereocenters. The van der Waals surface area contributed by atoms with Crippen molar-refractivity contribution >= 4 is 5.97 Å². The molecular formula is C9H18O4. The second kappa shape index (κ2) is 4.07. The lowest BCUT2D eigenvalue weighted by atomic mass is 9.97. The highest BCUT2D eigenvalue weighted by Crippen LogP contribution is 2.20. The van der Waals surface area contributed by atoms with Crippen LogP contribution in [-0.4, -0.2) is 23.4 Å². The third kappa shape index (κ3) is 4.85. The predicted molar refractivity (Wildman–Crippen MR) is 48.2 cm³/mol. The zero-order chi connectivity index (χ0) is 10.7. The van der Waals surface area contributed by atoms with E-state index in [1.165, 1.54) is 0 Å². The first kappa shape index (κ1) is 12.4. The van der Waals surface area contributed by atoms with Crippen molar-refractivity contribution in [1.82, 2.24) is 0 Å². The van der Waals surface area contributed by atoms with E-state index in [4.69, 9.17) is 9.99 Å². The molecule has 0 unspecified atom stereocenters. The molecule has 4 heteroatoms. The number of hydrogen-bond acceptors (Lipinski definition) is 4. The molecule has 0 saturated heterocycles. The molecule has 0 amide bonds. The summed E-state index contributed by atoms with van der Waals surface area (Å²) in [4.78, 5) is 15.3. The minimum Gasteiger partial charge on any atom is -0.457 e. The quantitative estimate of drug-likeness (QED) is 0.419. The summed E-state index contributed by atoms with van der Waals surface area (Å²) in [5, 5.41) is 8.23. The monoisotopic (exact) mass is 190 g/mol. The van der Waals surface area contributed by atoms with E-state index in [1.54, 1.807) is 34.6 Å². The predicted octanol–water partition coefficient (Wildman–Crippen LogP) is 1.84. The fraction of sp³-hybridized carbons (Fsp3) is 0.889. The summed E-state index contributed by atoms with van der Waals surface area (Å²) in [5.74, 6) is -0.311. The molecule has 0 aliphatic carbocycles. The van der Waals surface area contributed by atoms with Gasteiger partial charge < -0.3 is 4.74 Å². The van der Waals surface area contributed by atoms with Crippen molar-refractivity contribution in [3.05, 3.63) is 0 Å². The summed E-state index contributed by atoms with van der Waals surface area (Å²) >= 11 is 0. The van der Waals surface area contributed by atoms with Crippen LogP contribution in [0.1, 0.15) is 34.6 Å². The van der Waals surface area contributed by atoms with Gasteiger partial charge >= 0.3 is 5.97 Å². The van der Waals surface area contributed by atoms with Gasteiger partial charge in [-0.05, 0) is 34.6 Å². The van der Waals surface area contributed by atoms with Crippen LogP contribution in [-0.2, 0) is 14.4 Å². The lowest BCUT2D eigenvalue weighted by Crippen LogP contribution is -2.37. The summed E-state index contributed by atoms with van der Waals surface area (Å²) in [5.41, 5.74) is -1.33. The van der Waals surface area contributed by atoms with Gasteiger partial charge in [0, 0.05) is 0 Å². The molecule has 4 nitrogen and oxygen atoms in total. The van der Waals surface area contributed by atoms with Gasteiger partial charge in [-0.15, -0.1) is 0 Å². The van der Waals surface area contributed by atoms with Crippen LogP contribution < -0.4 is 0 Å². The van der Waals surface area contributed by atoms with Gasteiger partial charge in [0.15, 0.2) is 0 Å². The topological polar surface area (TPSA) is 55.8 Å². The van der Waals surface area contributed by atoms with Gasteiger partial charge in [-0.1, -0.05) is 0 Å². The van der Waals surface area contributed by atoms with Crippen LogP contribution in [0.4, 0.5) is 0 Å². The number of hydrogen-bond donors (Lipinski definition) is 1. The maximum atomic E-state index is 11.4. The van der Waals surface area contributed by atoms with Crippen LogP contribution in [0.25, 0.3) is 0 Å². The Morgan fingerprint density at radius 2 is 1.69 bits per heavy atom. The zero-order valence-corrected chi connectivity index (χ0v) is 8.88. The molecule has 1 N–H and O–H groups in total. The average Bonchev–Trinajstić information content (AvgIpc) is 1.83. The third-order valence-corrected chi connectivity index (χ3v) is 1.39. The Hall–Kier alpha value is -0.610. The Bertz CT molecular complexity index is 179. The van der Waals surface area contributed by atoms with Gasteiger partial charge in [-0.25, -0.2) is 4.89 Å². The summed E-state index contributed by atoms with van der Waals surface area (Å²) < 4.78 is 5.12. The van der Waals surface area contributed by atoms with E-state index >= 15 is 0 Å². The van der Waals surface area contributed by atoms with E-state index in [2.05, 4.69) is 4.89 Å². The summed E-state index contributed by atoms with van der Waals surface area (Å²) in [6.45, 7) is 8.62. The largest absolute Gasteiger partial charge is 0.457 e. The fourth-order valence-electron chi connectivity index (χ4n) is 0.589. The molecule has 0 saturated carbocycles. The van der Waals surface area contributed by atoms with Crippen molar-refractivity contribution < 1.29 is 19.7 Å². The van der Waals surface area contributed by atoms with Crippen LogP contribution in [0.3, 0.4) is 0 Å². The van der Waals surface area contributed by atoms with Gasteiger partial charge in [0.1, 0.15) is 12.2 Å². The van der Waals surface area contributed by atoms with Gasteiger partial charge in [0.2, 0.25) is 0 Å². The first-order chi connectivity index (χ1) is 5.69. The number of carbonyl (C=O) groups excluding carboxylic acids is 1. The summed E-state index contributed by atoms with van der Waals surface area (Å²) in [6.07, 6.45) is 0. The first-order valence-corrected chi connectivity index (χ1v) is 4.19.